The smallest absolute Gasteiger partial charge is 0.162 e. The number of anilines is 1. The second-order valence-corrected chi connectivity index (χ2v) is 9.28. The number of likely N-dealkylation sites (N-methyl/N-ethyl adjacent to an activating group) is 1. The first-order valence-corrected chi connectivity index (χ1v) is 11.2. The number of hydrogen-bond acceptors (Lipinski definition) is 7. The molecule has 8 heteroatoms. The molecule has 2 aliphatic rings. The average molecular weight is 441 g/mol. The highest BCUT2D eigenvalue weighted by molar-refractivity contribution is 7.21. The fourth-order valence-corrected chi connectivity index (χ4v) is 4.85. The summed E-state index contributed by atoms with van der Waals surface area (Å²) in [4.78, 5) is 26.2. The number of fused-ring (bicyclic) bond motifs is 3. The van der Waals surface area contributed by atoms with Gasteiger partial charge in [-0.05, 0) is 31.6 Å². The van der Waals surface area contributed by atoms with Gasteiger partial charge in [-0.15, -0.1) is 11.3 Å². The van der Waals surface area contributed by atoms with Crippen molar-refractivity contribution in [2.24, 2.45) is 4.99 Å². The molecule has 0 aromatic carbocycles. The lowest BCUT2D eigenvalue weighted by atomic mass is 9.98. The molecular formula is C23H28N4O3S. The van der Waals surface area contributed by atoms with Crippen LogP contribution in [0.15, 0.2) is 41.2 Å². The zero-order valence-electron chi connectivity index (χ0n) is 18.4. The lowest BCUT2D eigenvalue weighted by molar-refractivity contribution is -0.0680. The van der Waals surface area contributed by atoms with Gasteiger partial charge in [0.25, 0.3) is 0 Å². The van der Waals surface area contributed by atoms with Crippen molar-refractivity contribution in [3.63, 3.8) is 0 Å². The number of ether oxygens (including phenoxy) is 2. The minimum absolute atomic E-state index is 0.0283. The molecule has 2 aromatic rings. The van der Waals surface area contributed by atoms with E-state index in [2.05, 4.69) is 30.1 Å². The van der Waals surface area contributed by atoms with Crippen molar-refractivity contribution >= 4 is 45.6 Å². The molecule has 1 fully saturated rings. The van der Waals surface area contributed by atoms with Crippen LogP contribution in [0.1, 0.15) is 29.4 Å². The van der Waals surface area contributed by atoms with E-state index in [0.29, 0.717) is 23.8 Å². The lowest BCUT2D eigenvalue weighted by Crippen LogP contribution is -2.35. The number of pyridine rings is 1. The Morgan fingerprint density at radius 2 is 2.16 bits per heavy atom. The van der Waals surface area contributed by atoms with E-state index in [9.17, 15) is 4.79 Å². The summed E-state index contributed by atoms with van der Waals surface area (Å²) >= 11 is 1.36. The summed E-state index contributed by atoms with van der Waals surface area (Å²) in [6.45, 7) is 3.48. The quantitative estimate of drug-likeness (QED) is 0.395. The van der Waals surface area contributed by atoms with Gasteiger partial charge < -0.3 is 19.3 Å². The van der Waals surface area contributed by atoms with E-state index in [4.69, 9.17) is 14.5 Å². The third-order valence-electron chi connectivity index (χ3n) is 5.52. The predicted molar refractivity (Wildman–Crippen MR) is 126 cm³/mol. The molecule has 164 valence electrons. The molecule has 1 aliphatic heterocycles. The Hall–Kier alpha value is -2.55. The van der Waals surface area contributed by atoms with Crippen LogP contribution in [0.3, 0.4) is 0 Å². The summed E-state index contributed by atoms with van der Waals surface area (Å²) in [7, 11) is 5.89. The Labute approximate surface area is 186 Å². The van der Waals surface area contributed by atoms with Crippen molar-refractivity contribution in [2.75, 3.05) is 39.3 Å². The number of nitrogens with zero attached hydrogens (tertiary/aromatic N) is 4. The molecule has 2 atom stereocenters. The van der Waals surface area contributed by atoms with Crippen molar-refractivity contribution < 1.29 is 14.3 Å². The summed E-state index contributed by atoms with van der Waals surface area (Å²) in [6, 6.07) is 1.94. The molecule has 1 aliphatic carbocycles. The Morgan fingerprint density at radius 3 is 2.94 bits per heavy atom. The minimum atomic E-state index is -0.406. The van der Waals surface area contributed by atoms with Crippen LogP contribution in [0.25, 0.3) is 10.2 Å². The molecule has 0 saturated carbocycles. The molecule has 2 unspecified atom stereocenters. The van der Waals surface area contributed by atoms with Gasteiger partial charge in [-0.1, -0.05) is 6.08 Å². The van der Waals surface area contributed by atoms with E-state index in [1.54, 1.807) is 12.5 Å². The van der Waals surface area contributed by atoms with E-state index < -0.39 is 5.60 Å². The summed E-state index contributed by atoms with van der Waals surface area (Å²) in [5, 5.41) is 0.891. The maximum atomic E-state index is 11.7. The molecule has 0 radical (unpaired) electrons. The Balaban J connectivity index is 1.69. The lowest BCUT2D eigenvalue weighted by Gasteiger charge is -2.32. The number of rotatable bonds is 5. The Kier molecular flexibility index (Phi) is 6.22. The van der Waals surface area contributed by atoms with Crippen LogP contribution in [0, 0.1) is 0 Å². The first kappa shape index (κ1) is 21.7. The van der Waals surface area contributed by atoms with E-state index in [1.165, 1.54) is 11.3 Å². The molecule has 4 rings (SSSR count). The van der Waals surface area contributed by atoms with Crippen LogP contribution in [-0.2, 0) is 9.47 Å². The molecule has 0 amide bonds. The molecular weight excluding hydrogens is 412 g/mol. The van der Waals surface area contributed by atoms with Gasteiger partial charge in [0.05, 0.1) is 39.7 Å². The first-order valence-electron chi connectivity index (χ1n) is 10.4. The SMILES string of the molecule is CN(C=Nc1c(C=O)sc2nccc(N(C)C)c12)C1=CC2(C)CC(C=C1)OCCCO2. The number of aliphatic imine (C=N–C) groups is 1. The maximum Gasteiger partial charge on any atom is 0.162 e. The van der Waals surface area contributed by atoms with E-state index in [-0.39, 0.29) is 6.10 Å². The molecule has 2 aromatic heterocycles. The first-order chi connectivity index (χ1) is 14.9. The van der Waals surface area contributed by atoms with Gasteiger partial charge >= 0.3 is 0 Å². The second kappa shape index (κ2) is 8.90. The molecule has 0 N–H and O–H groups in total. The van der Waals surface area contributed by atoms with Crippen molar-refractivity contribution in [1.29, 1.82) is 0 Å². The standard InChI is InChI=1S/C23H28N4O3S/c1-23-12-16(6-7-17(13-23)29-10-5-11-30-23)27(4)15-25-21-19(14-28)31-22-20(21)18(26(2)3)8-9-24-22/h6-9,12,14-15,17H,5,10-11,13H2,1-4H3. The molecule has 0 spiro atoms. The van der Waals surface area contributed by atoms with Crippen LogP contribution in [0.4, 0.5) is 11.4 Å². The third kappa shape index (κ3) is 4.56. The number of allylic oxidation sites excluding steroid dienone is 1. The van der Waals surface area contributed by atoms with Crippen LogP contribution in [-0.4, -0.2) is 68.6 Å². The number of aldehydes is 1. The van der Waals surface area contributed by atoms with E-state index >= 15 is 0 Å². The number of carbonyl (C=O) groups is 1. The summed E-state index contributed by atoms with van der Waals surface area (Å²) < 4.78 is 12.1. The van der Waals surface area contributed by atoms with Gasteiger partial charge in [-0.3, -0.25) is 4.79 Å². The van der Waals surface area contributed by atoms with Gasteiger partial charge in [-0.2, -0.15) is 0 Å². The second-order valence-electron chi connectivity index (χ2n) is 8.25. The number of thiophene rings is 1. The maximum absolute atomic E-state index is 11.7. The highest BCUT2D eigenvalue weighted by atomic mass is 32.1. The third-order valence-corrected chi connectivity index (χ3v) is 6.53. The van der Waals surface area contributed by atoms with Crippen LogP contribution in [0.2, 0.25) is 0 Å². The molecule has 1 saturated heterocycles. The fourth-order valence-electron chi connectivity index (χ4n) is 3.93. The van der Waals surface area contributed by atoms with Gasteiger partial charge in [0, 0.05) is 52.7 Å². The van der Waals surface area contributed by atoms with Crippen LogP contribution >= 0.6 is 11.3 Å². The van der Waals surface area contributed by atoms with Crippen molar-refractivity contribution in [2.45, 2.75) is 31.5 Å². The molecule has 2 bridgehead atoms. The van der Waals surface area contributed by atoms with E-state index in [1.807, 2.05) is 37.0 Å². The highest BCUT2D eigenvalue weighted by Gasteiger charge is 2.31. The number of carbonyl (C=O) groups excluding carboxylic acids is 1. The van der Waals surface area contributed by atoms with Gasteiger partial charge in [0.2, 0.25) is 0 Å². The summed E-state index contributed by atoms with van der Waals surface area (Å²) in [5.74, 6) is 0. The highest BCUT2D eigenvalue weighted by Crippen LogP contribution is 2.41. The Morgan fingerprint density at radius 1 is 1.32 bits per heavy atom. The zero-order chi connectivity index (χ0) is 22.0. The number of hydrogen-bond donors (Lipinski definition) is 0. The monoisotopic (exact) mass is 440 g/mol. The van der Waals surface area contributed by atoms with Crippen LogP contribution < -0.4 is 4.90 Å². The molecule has 31 heavy (non-hydrogen) atoms. The van der Waals surface area contributed by atoms with Crippen molar-refractivity contribution in [3.8, 4) is 0 Å². The normalized spacial score (nSPS) is 23.9. The summed E-state index contributed by atoms with van der Waals surface area (Å²) in [5.41, 5.74) is 2.20. The topological polar surface area (TPSA) is 67.3 Å². The molecule has 7 nitrogen and oxygen atoms in total. The van der Waals surface area contributed by atoms with Crippen molar-refractivity contribution in [3.05, 3.63) is 41.1 Å². The fraction of sp³-hybridized carbons (Fsp3) is 0.435. The van der Waals surface area contributed by atoms with Gasteiger partial charge in [0.1, 0.15) is 4.83 Å². The number of aromatic nitrogens is 1. The summed E-state index contributed by atoms with van der Waals surface area (Å²) in [6.07, 6.45) is 12.3. The van der Waals surface area contributed by atoms with E-state index in [0.717, 1.165) is 40.7 Å². The molecule has 3 heterocycles. The minimum Gasteiger partial charge on any atom is -0.377 e. The largest absolute Gasteiger partial charge is 0.377 e. The van der Waals surface area contributed by atoms with Gasteiger partial charge in [-0.25, -0.2) is 9.98 Å². The predicted octanol–water partition coefficient (Wildman–Crippen LogP) is 4.17. The zero-order valence-corrected chi connectivity index (χ0v) is 19.2. The Bertz CT molecular complexity index is 1060. The average Bonchev–Trinajstić information content (AvgIpc) is 2.99. The van der Waals surface area contributed by atoms with Gasteiger partial charge in [0.15, 0.2) is 6.29 Å². The van der Waals surface area contributed by atoms with Crippen molar-refractivity contribution in [1.82, 2.24) is 9.88 Å². The van der Waals surface area contributed by atoms with Crippen LogP contribution in [0.5, 0.6) is 0 Å².